The van der Waals surface area contributed by atoms with Crippen molar-refractivity contribution < 1.29 is 9.90 Å². The van der Waals surface area contributed by atoms with Crippen LogP contribution in [0.2, 0.25) is 0 Å². The first-order valence-electron chi connectivity index (χ1n) is 7.68. The van der Waals surface area contributed by atoms with Crippen molar-refractivity contribution in [3.63, 3.8) is 0 Å². The minimum atomic E-state index is -0.769. The first-order valence-corrected chi connectivity index (χ1v) is 9.37. The molecule has 0 amide bonds. The summed E-state index contributed by atoms with van der Waals surface area (Å²) in [6, 6.07) is 0. The number of nitrogens with zero attached hydrogens (tertiary/aromatic N) is 2. The van der Waals surface area contributed by atoms with Crippen LogP contribution in [-0.4, -0.2) is 26.3 Å². The average molecular weight is 336 g/mol. The molecule has 0 fully saturated rings. The molecule has 1 aliphatic carbocycles. The van der Waals surface area contributed by atoms with Gasteiger partial charge in [-0.2, -0.15) is 0 Å². The number of aromatic nitrogens is 2. The third-order valence-corrected chi connectivity index (χ3v) is 6.62. The van der Waals surface area contributed by atoms with E-state index in [1.54, 1.807) is 11.3 Å². The van der Waals surface area contributed by atoms with Gasteiger partial charge in [-0.1, -0.05) is 25.6 Å². The van der Waals surface area contributed by atoms with Crippen LogP contribution in [0.25, 0.3) is 10.2 Å². The van der Waals surface area contributed by atoms with Gasteiger partial charge in [-0.25, -0.2) is 9.97 Å². The number of thiophene rings is 1. The number of hydrogen-bond donors (Lipinski definition) is 1. The molecule has 0 spiro atoms. The average Bonchev–Trinajstić information content (AvgIpc) is 2.80. The van der Waals surface area contributed by atoms with Crippen molar-refractivity contribution in [3.8, 4) is 0 Å². The van der Waals surface area contributed by atoms with E-state index < -0.39 is 11.2 Å². The van der Waals surface area contributed by atoms with E-state index in [2.05, 4.69) is 16.9 Å². The molecule has 0 aliphatic heterocycles. The highest BCUT2D eigenvalue weighted by molar-refractivity contribution is 8.00. The molecule has 22 heavy (non-hydrogen) atoms. The second-order valence-corrected chi connectivity index (χ2v) is 8.24. The van der Waals surface area contributed by atoms with Crippen molar-refractivity contribution in [1.29, 1.82) is 0 Å². The third-order valence-electron chi connectivity index (χ3n) is 4.13. The number of thioether (sulfide) groups is 1. The van der Waals surface area contributed by atoms with Gasteiger partial charge in [0, 0.05) is 10.3 Å². The molecule has 0 saturated carbocycles. The zero-order chi connectivity index (χ0) is 15.9. The number of fused-ring (bicyclic) bond motifs is 3. The minimum Gasteiger partial charge on any atom is -0.480 e. The first kappa shape index (κ1) is 15.7. The topological polar surface area (TPSA) is 63.1 Å². The van der Waals surface area contributed by atoms with Crippen molar-refractivity contribution in [2.24, 2.45) is 5.92 Å². The Morgan fingerprint density at radius 1 is 1.50 bits per heavy atom. The maximum atomic E-state index is 11.4. The Hall–Kier alpha value is -1.14. The molecule has 1 aliphatic rings. The fourth-order valence-corrected chi connectivity index (χ4v) is 5.49. The van der Waals surface area contributed by atoms with Crippen molar-refractivity contribution in [2.45, 2.75) is 56.7 Å². The fraction of sp³-hybridized carbons (Fsp3) is 0.562. The number of carbonyl (C=O) groups is 1. The van der Waals surface area contributed by atoms with Gasteiger partial charge in [-0.15, -0.1) is 11.3 Å². The number of carboxylic acids is 1. The van der Waals surface area contributed by atoms with E-state index >= 15 is 0 Å². The molecule has 118 valence electrons. The molecule has 2 heterocycles. The lowest BCUT2D eigenvalue weighted by atomic mass is 9.89. The molecule has 2 aromatic rings. The standard InChI is InChI=1S/C16H20N2O2S2/c1-4-11(16(19)20)21-14-13-10-6-5-8(2)7-12(10)22-15(13)18-9(3)17-14/h8,11H,4-7H2,1-3H3,(H,19,20). The number of carboxylic acid groups (broad SMARTS) is 1. The van der Waals surface area contributed by atoms with Crippen LogP contribution in [0.3, 0.4) is 0 Å². The highest BCUT2D eigenvalue weighted by Crippen LogP contribution is 2.41. The van der Waals surface area contributed by atoms with E-state index in [0.29, 0.717) is 12.3 Å². The lowest BCUT2D eigenvalue weighted by Crippen LogP contribution is -2.15. The zero-order valence-corrected chi connectivity index (χ0v) is 14.7. The Bertz CT molecular complexity index is 726. The number of aryl methyl sites for hydroxylation is 2. The molecule has 0 radical (unpaired) electrons. The summed E-state index contributed by atoms with van der Waals surface area (Å²) in [6.45, 7) is 6.08. The van der Waals surface area contributed by atoms with Crippen LogP contribution in [0.4, 0.5) is 0 Å². The van der Waals surface area contributed by atoms with E-state index in [4.69, 9.17) is 0 Å². The van der Waals surface area contributed by atoms with Crippen LogP contribution >= 0.6 is 23.1 Å². The van der Waals surface area contributed by atoms with Crippen LogP contribution in [0, 0.1) is 12.8 Å². The third kappa shape index (κ3) is 2.86. The number of aliphatic carboxylic acids is 1. The molecule has 1 N–H and O–H groups in total. The van der Waals surface area contributed by atoms with Gasteiger partial charge in [0.05, 0.1) is 0 Å². The molecule has 0 bridgehead atoms. The minimum absolute atomic E-state index is 0.449. The van der Waals surface area contributed by atoms with Gasteiger partial charge in [-0.05, 0) is 44.1 Å². The summed E-state index contributed by atoms with van der Waals surface area (Å²) in [6.07, 6.45) is 3.94. The van der Waals surface area contributed by atoms with Crippen molar-refractivity contribution >= 4 is 39.3 Å². The van der Waals surface area contributed by atoms with E-state index in [0.717, 1.165) is 33.9 Å². The predicted molar refractivity (Wildman–Crippen MR) is 90.9 cm³/mol. The monoisotopic (exact) mass is 336 g/mol. The van der Waals surface area contributed by atoms with Crippen molar-refractivity contribution in [2.75, 3.05) is 0 Å². The van der Waals surface area contributed by atoms with E-state index in [-0.39, 0.29) is 0 Å². The zero-order valence-electron chi connectivity index (χ0n) is 13.0. The van der Waals surface area contributed by atoms with Gasteiger partial charge in [0.15, 0.2) is 0 Å². The van der Waals surface area contributed by atoms with Gasteiger partial charge in [0.1, 0.15) is 20.9 Å². The number of hydrogen-bond acceptors (Lipinski definition) is 5. The molecular formula is C16H20N2O2S2. The highest BCUT2D eigenvalue weighted by atomic mass is 32.2. The van der Waals surface area contributed by atoms with Gasteiger partial charge in [0.25, 0.3) is 0 Å². The summed E-state index contributed by atoms with van der Waals surface area (Å²) in [5, 5.41) is 10.9. The summed E-state index contributed by atoms with van der Waals surface area (Å²) in [7, 11) is 0. The van der Waals surface area contributed by atoms with Crippen LogP contribution in [-0.2, 0) is 17.6 Å². The lowest BCUT2D eigenvalue weighted by molar-refractivity contribution is -0.136. The summed E-state index contributed by atoms with van der Waals surface area (Å²) >= 11 is 3.14. The summed E-state index contributed by atoms with van der Waals surface area (Å²) < 4.78 is 0. The maximum Gasteiger partial charge on any atom is 0.317 e. The normalized spacial score (nSPS) is 19.1. The van der Waals surface area contributed by atoms with Gasteiger partial charge in [0.2, 0.25) is 0 Å². The van der Waals surface area contributed by atoms with E-state index in [1.165, 1.54) is 28.6 Å². The molecular weight excluding hydrogens is 316 g/mol. The smallest absolute Gasteiger partial charge is 0.317 e. The molecule has 4 nitrogen and oxygen atoms in total. The van der Waals surface area contributed by atoms with Gasteiger partial charge in [-0.3, -0.25) is 4.79 Å². The summed E-state index contributed by atoms with van der Waals surface area (Å²) in [5.74, 6) is 0.671. The second-order valence-electron chi connectivity index (χ2n) is 5.96. The Balaban J connectivity index is 2.11. The molecule has 2 aromatic heterocycles. The quantitative estimate of drug-likeness (QED) is 0.673. The van der Waals surface area contributed by atoms with Crippen LogP contribution < -0.4 is 0 Å². The first-order chi connectivity index (χ1) is 10.5. The Morgan fingerprint density at radius 3 is 2.95 bits per heavy atom. The summed E-state index contributed by atoms with van der Waals surface area (Å²) in [5.41, 5.74) is 1.36. The van der Waals surface area contributed by atoms with Gasteiger partial charge < -0.3 is 5.11 Å². The van der Waals surface area contributed by atoms with Crippen molar-refractivity contribution in [1.82, 2.24) is 9.97 Å². The molecule has 2 unspecified atom stereocenters. The molecule has 0 saturated heterocycles. The fourth-order valence-electron chi connectivity index (χ4n) is 2.94. The Labute approximate surface area is 138 Å². The predicted octanol–water partition coefficient (Wildman–Crippen LogP) is 4.08. The van der Waals surface area contributed by atoms with Crippen LogP contribution in [0.15, 0.2) is 5.03 Å². The largest absolute Gasteiger partial charge is 0.480 e. The molecule has 0 aromatic carbocycles. The number of rotatable bonds is 4. The van der Waals surface area contributed by atoms with E-state index in [9.17, 15) is 9.90 Å². The lowest BCUT2D eigenvalue weighted by Gasteiger charge is -2.18. The molecule has 3 rings (SSSR count). The van der Waals surface area contributed by atoms with Crippen LogP contribution in [0.1, 0.15) is 43.0 Å². The Kier molecular flexibility index (Phi) is 4.41. The van der Waals surface area contributed by atoms with E-state index in [1.807, 2.05) is 13.8 Å². The molecule has 6 heteroatoms. The maximum absolute atomic E-state index is 11.4. The highest BCUT2D eigenvalue weighted by Gasteiger charge is 2.26. The van der Waals surface area contributed by atoms with Crippen LogP contribution in [0.5, 0.6) is 0 Å². The van der Waals surface area contributed by atoms with Crippen molar-refractivity contribution in [3.05, 3.63) is 16.3 Å². The summed E-state index contributed by atoms with van der Waals surface area (Å²) in [4.78, 5) is 23.0. The SMILES string of the molecule is CCC(Sc1nc(C)nc2sc3c(c12)CCC(C)C3)C(=O)O. The molecule has 2 atom stereocenters. The second kappa shape index (κ2) is 6.16. The van der Waals surface area contributed by atoms with Gasteiger partial charge >= 0.3 is 5.97 Å². The Morgan fingerprint density at radius 2 is 2.27 bits per heavy atom.